The minimum absolute atomic E-state index is 1.19. The molecule has 0 aliphatic heterocycles. The van der Waals surface area contributed by atoms with Crippen molar-refractivity contribution in [2.24, 2.45) is 0 Å². The second-order valence-electron chi connectivity index (χ2n) is 8.36. The lowest BCUT2D eigenvalue weighted by molar-refractivity contribution is 0.667. The zero-order valence-electron chi connectivity index (χ0n) is 19.4. The molecule has 0 atom stereocenters. The maximum absolute atomic E-state index is 2.39. The summed E-state index contributed by atoms with van der Waals surface area (Å²) in [6, 6.07) is 24.9. The third kappa shape index (κ3) is 5.42. The van der Waals surface area contributed by atoms with Gasteiger partial charge in [-0.3, -0.25) is 0 Å². The van der Waals surface area contributed by atoms with Crippen molar-refractivity contribution in [1.29, 1.82) is 0 Å². The molecule has 2 heteroatoms. The number of unbranched alkanes of at least 4 members (excludes halogenated alkanes) is 3. The standard InChI is InChI=1S/C30H32S2/c1-4-5-6-7-10-22-13-14-25-19-27(30(32-3)21-28(25)17-22)16-15-26-18-23-11-8-9-12-24(23)20-29(26)31-2/h8-9,11-21H,4-7,10H2,1-3H3/b16-15+. The van der Waals surface area contributed by atoms with Crippen molar-refractivity contribution >= 4 is 57.2 Å². The molecule has 0 heterocycles. The molecule has 4 aromatic rings. The van der Waals surface area contributed by atoms with Gasteiger partial charge in [-0.05, 0) is 87.9 Å². The van der Waals surface area contributed by atoms with Crippen LogP contribution in [0.15, 0.2) is 76.5 Å². The number of thioether (sulfide) groups is 2. The number of hydrogen-bond acceptors (Lipinski definition) is 2. The Morgan fingerprint density at radius 3 is 1.84 bits per heavy atom. The lowest BCUT2D eigenvalue weighted by Gasteiger charge is -2.10. The summed E-state index contributed by atoms with van der Waals surface area (Å²) in [5.41, 5.74) is 4.04. The van der Waals surface area contributed by atoms with Crippen LogP contribution in [0.1, 0.15) is 49.3 Å². The molecule has 4 rings (SSSR count). The average Bonchev–Trinajstić information content (AvgIpc) is 2.84. The Hall–Kier alpha value is -2.16. The highest BCUT2D eigenvalue weighted by Gasteiger charge is 2.06. The Bertz CT molecular complexity index is 1240. The van der Waals surface area contributed by atoms with Gasteiger partial charge in [-0.1, -0.05) is 80.8 Å². The van der Waals surface area contributed by atoms with Crippen LogP contribution in [0.5, 0.6) is 0 Å². The molecular weight excluding hydrogens is 424 g/mol. The van der Waals surface area contributed by atoms with Crippen LogP contribution in [-0.4, -0.2) is 12.5 Å². The summed E-state index contributed by atoms with van der Waals surface area (Å²) >= 11 is 3.64. The van der Waals surface area contributed by atoms with E-state index in [9.17, 15) is 0 Å². The summed E-state index contributed by atoms with van der Waals surface area (Å²) in [7, 11) is 0. The van der Waals surface area contributed by atoms with E-state index in [0.717, 1.165) is 0 Å². The first-order valence-corrected chi connectivity index (χ1v) is 14.0. The monoisotopic (exact) mass is 456 g/mol. The summed E-state index contributed by atoms with van der Waals surface area (Å²) in [6.07, 6.45) is 15.3. The van der Waals surface area contributed by atoms with E-state index in [0.29, 0.717) is 0 Å². The molecule has 0 saturated heterocycles. The van der Waals surface area contributed by atoms with Crippen molar-refractivity contribution in [2.75, 3.05) is 12.5 Å². The maximum atomic E-state index is 2.39. The third-order valence-electron chi connectivity index (χ3n) is 6.11. The quantitative estimate of drug-likeness (QED) is 0.140. The molecule has 0 bridgehead atoms. The van der Waals surface area contributed by atoms with Crippen LogP contribution in [0.4, 0.5) is 0 Å². The van der Waals surface area contributed by atoms with Gasteiger partial charge in [0.25, 0.3) is 0 Å². The van der Waals surface area contributed by atoms with Gasteiger partial charge in [0.15, 0.2) is 0 Å². The fourth-order valence-electron chi connectivity index (χ4n) is 4.29. The van der Waals surface area contributed by atoms with E-state index in [4.69, 9.17) is 0 Å². The van der Waals surface area contributed by atoms with Crippen molar-refractivity contribution in [3.05, 3.63) is 83.4 Å². The normalized spacial score (nSPS) is 11.7. The largest absolute Gasteiger partial charge is 0.129 e. The van der Waals surface area contributed by atoms with Gasteiger partial charge in [0.05, 0.1) is 0 Å². The molecule has 0 spiro atoms. The number of hydrogen-bond donors (Lipinski definition) is 0. The molecule has 0 fully saturated rings. The zero-order chi connectivity index (χ0) is 22.3. The van der Waals surface area contributed by atoms with E-state index < -0.39 is 0 Å². The summed E-state index contributed by atoms with van der Waals surface area (Å²) in [6.45, 7) is 2.27. The highest BCUT2D eigenvalue weighted by atomic mass is 32.2. The van der Waals surface area contributed by atoms with Crippen LogP contribution in [-0.2, 0) is 6.42 Å². The molecule has 0 N–H and O–H groups in total. The first-order valence-electron chi connectivity index (χ1n) is 11.6. The van der Waals surface area contributed by atoms with Crippen LogP contribution in [0.3, 0.4) is 0 Å². The lowest BCUT2D eigenvalue weighted by Crippen LogP contribution is -1.88. The van der Waals surface area contributed by atoms with Gasteiger partial charge in [0.2, 0.25) is 0 Å². The molecule has 0 unspecified atom stereocenters. The molecule has 4 aromatic carbocycles. The highest BCUT2D eigenvalue weighted by Crippen LogP contribution is 2.32. The van der Waals surface area contributed by atoms with Gasteiger partial charge < -0.3 is 0 Å². The minimum Gasteiger partial charge on any atom is -0.129 e. The minimum atomic E-state index is 1.19. The number of fused-ring (bicyclic) bond motifs is 2. The Kier molecular flexibility index (Phi) is 8.00. The van der Waals surface area contributed by atoms with Crippen molar-refractivity contribution in [3.63, 3.8) is 0 Å². The fraction of sp³-hybridized carbons (Fsp3) is 0.267. The maximum Gasteiger partial charge on any atom is 0.0148 e. The first-order chi connectivity index (χ1) is 15.7. The van der Waals surface area contributed by atoms with Crippen molar-refractivity contribution in [2.45, 2.75) is 48.8 Å². The summed E-state index contributed by atoms with van der Waals surface area (Å²) in [5.74, 6) is 0. The third-order valence-corrected chi connectivity index (χ3v) is 7.70. The van der Waals surface area contributed by atoms with Crippen LogP contribution in [0, 0.1) is 0 Å². The topological polar surface area (TPSA) is 0 Å². The van der Waals surface area contributed by atoms with Gasteiger partial charge in [-0.15, -0.1) is 23.5 Å². The Morgan fingerprint density at radius 1 is 0.625 bits per heavy atom. The first kappa shape index (κ1) is 23.0. The summed E-state index contributed by atoms with van der Waals surface area (Å²) in [5, 5.41) is 5.27. The number of aryl methyl sites for hydroxylation is 1. The predicted molar refractivity (Wildman–Crippen MR) is 148 cm³/mol. The molecule has 0 aromatic heterocycles. The van der Waals surface area contributed by atoms with Crippen LogP contribution >= 0.6 is 23.5 Å². The van der Waals surface area contributed by atoms with Crippen LogP contribution < -0.4 is 0 Å². The van der Waals surface area contributed by atoms with E-state index in [2.05, 4.69) is 98.3 Å². The Labute approximate surface area is 201 Å². The number of rotatable bonds is 9. The molecule has 164 valence electrons. The van der Waals surface area contributed by atoms with Gasteiger partial charge >= 0.3 is 0 Å². The van der Waals surface area contributed by atoms with Crippen molar-refractivity contribution in [1.82, 2.24) is 0 Å². The lowest BCUT2D eigenvalue weighted by atomic mass is 10.00. The molecule has 32 heavy (non-hydrogen) atoms. The van der Waals surface area contributed by atoms with Crippen molar-refractivity contribution in [3.8, 4) is 0 Å². The fourth-order valence-corrected chi connectivity index (χ4v) is 5.50. The van der Waals surface area contributed by atoms with E-state index in [1.165, 1.54) is 80.1 Å². The summed E-state index contributed by atoms with van der Waals surface area (Å²) < 4.78 is 0. The van der Waals surface area contributed by atoms with E-state index >= 15 is 0 Å². The predicted octanol–water partition coefficient (Wildman–Crippen LogP) is 9.73. The molecule has 0 radical (unpaired) electrons. The Morgan fingerprint density at radius 2 is 1.22 bits per heavy atom. The van der Waals surface area contributed by atoms with Crippen LogP contribution in [0.25, 0.3) is 33.7 Å². The van der Waals surface area contributed by atoms with Gasteiger partial charge in [0, 0.05) is 9.79 Å². The van der Waals surface area contributed by atoms with Gasteiger partial charge in [-0.2, -0.15) is 0 Å². The highest BCUT2D eigenvalue weighted by molar-refractivity contribution is 7.99. The van der Waals surface area contributed by atoms with Crippen LogP contribution in [0.2, 0.25) is 0 Å². The second kappa shape index (κ2) is 11.1. The van der Waals surface area contributed by atoms with Crippen molar-refractivity contribution < 1.29 is 0 Å². The molecule has 0 amide bonds. The second-order valence-corrected chi connectivity index (χ2v) is 10.1. The molecule has 0 aliphatic carbocycles. The van der Waals surface area contributed by atoms with Gasteiger partial charge in [0.1, 0.15) is 0 Å². The van der Waals surface area contributed by atoms with E-state index in [-0.39, 0.29) is 0 Å². The van der Waals surface area contributed by atoms with Gasteiger partial charge in [-0.25, -0.2) is 0 Å². The smallest absolute Gasteiger partial charge is 0.0148 e. The van der Waals surface area contributed by atoms with E-state index in [1.54, 1.807) is 0 Å². The average molecular weight is 457 g/mol. The molecule has 0 nitrogen and oxygen atoms in total. The number of benzene rings is 4. The molecule has 0 aliphatic rings. The molecule has 0 saturated carbocycles. The zero-order valence-corrected chi connectivity index (χ0v) is 21.0. The Balaban J connectivity index is 1.64. The molecular formula is C30H32S2. The SMILES string of the molecule is CCCCCCc1ccc2cc(/C=C/c3cc4ccccc4cc3SC)c(SC)cc2c1. The van der Waals surface area contributed by atoms with E-state index in [1.807, 2.05) is 23.5 Å². The summed E-state index contributed by atoms with van der Waals surface area (Å²) in [4.78, 5) is 2.66.